The minimum atomic E-state index is 0.756. The second-order valence-electron chi connectivity index (χ2n) is 5.05. The maximum atomic E-state index is 3.46. The van der Waals surface area contributed by atoms with E-state index >= 15 is 0 Å². The monoisotopic (exact) mass is 242 g/mol. The lowest BCUT2D eigenvalue weighted by Crippen LogP contribution is -2.33. The van der Waals surface area contributed by atoms with Crippen LogP contribution in [0.5, 0.6) is 0 Å². The summed E-state index contributed by atoms with van der Waals surface area (Å²) in [4.78, 5) is 2.61. The molecule has 1 atom stereocenters. The van der Waals surface area contributed by atoms with Crippen LogP contribution in [0.3, 0.4) is 0 Å². The fraction of sp³-hybridized carbons (Fsp3) is 1.00. The fourth-order valence-electron chi connectivity index (χ4n) is 2.17. The first-order valence-electron chi connectivity index (χ1n) is 7.70. The summed E-state index contributed by atoms with van der Waals surface area (Å²) in [6, 6.07) is 0.756. The molecule has 17 heavy (non-hydrogen) atoms. The van der Waals surface area contributed by atoms with Crippen LogP contribution in [0.15, 0.2) is 0 Å². The van der Waals surface area contributed by atoms with Gasteiger partial charge in [0.05, 0.1) is 0 Å². The Morgan fingerprint density at radius 1 is 0.941 bits per heavy atom. The molecule has 0 bridgehead atoms. The van der Waals surface area contributed by atoms with Crippen LogP contribution in [0, 0.1) is 0 Å². The topological polar surface area (TPSA) is 15.3 Å². The zero-order valence-corrected chi connectivity index (χ0v) is 12.6. The Labute approximate surface area is 109 Å². The van der Waals surface area contributed by atoms with Crippen molar-refractivity contribution in [3.63, 3.8) is 0 Å². The number of hydrogen-bond donors (Lipinski definition) is 1. The summed E-state index contributed by atoms with van der Waals surface area (Å²) in [5, 5.41) is 3.46. The van der Waals surface area contributed by atoms with Crippen molar-refractivity contribution in [2.45, 2.75) is 72.3 Å². The number of hydrogen-bond acceptors (Lipinski definition) is 2. The Morgan fingerprint density at radius 3 is 2.24 bits per heavy atom. The summed E-state index contributed by atoms with van der Waals surface area (Å²) in [6.45, 7) is 14.0. The van der Waals surface area contributed by atoms with Gasteiger partial charge in [-0.1, -0.05) is 33.6 Å². The third-order valence-electron chi connectivity index (χ3n) is 3.60. The van der Waals surface area contributed by atoms with Gasteiger partial charge in [-0.2, -0.15) is 0 Å². The number of rotatable bonds is 12. The van der Waals surface area contributed by atoms with Gasteiger partial charge in [-0.25, -0.2) is 0 Å². The molecule has 1 unspecified atom stereocenters. The van der Waals surface area contributed by atoms with E-state index in [0.29, 0.717) is 0 Å². The Morgan fingerprint density at radius 2 is 1.65 bits per heavy atom. The van der Waals surface area contributed by atoms with Gasteiger partial charge in [0, 0.05) is 6.04 Å². The van der Waals surface area contributed by atoms with E-state index in [9.17, 15) is 0 Å². The molecule has 0 radical (unpaired) electrons. The van der Waals surface area contributed by atoms with E-state index in [-0.39, 0.29) is 0 Å². The van der Waals surface area contributed by atoms with E-state index in [1.165, 1.54) is 64.7 Å². The summed E-state index contributed by atoms with van der Waals surface area (Å²) in [5.41, 5.74) is 0. The Hall–Kier alpha value is -0.0800. The zero-order chi connectivity index (χ0) is 12.9. The second kappa shape index (κ2) is 12.4. The average molecular weight is 242 g/mol. The first kappa shape index (κ1) is 16.9. The molecule has 0 amide bonds. The Kier molecular flexibility index (Phi) is 12.3. The first-order valence-corrected chi connectivity index (χ1v) is 7.70. The van der Waals surface area contributed by atoms with Gasteiger partial charge in [-0.15, -0.1) is 0 Å². The molecule has 2 heteroatoms. The fourth-order valence-corrected chi connectivity index (χ4v) is 2.17. The Bertz CT molecular complexity index is 148. The van der Waals surface area contributed by atoms with Crippen molar-refractivity contribution >= 4 is 0 Å². The van der Waals surface area contributed by atoms with Crippen LogP contribution in [0.4, 0.5) is 0 Å². The van der Waals surface area contributed by atoms with Gasteiger partial charge in [0.15, 0.2) is 0 Å². The van der Waals surface area contributed by atoms with Crippen LogP contribution >= 0.6 is 0 Å². The van der Waals surface area contributed by atoms with Gasteiger partial charge in [0.25, 0.3) is 0 Å². The van der Waals surface area contributed by atoms with Gasteiger partial charge >= 0.3 is 0 Å². The molecule has 0 aliphatic carbocycles. The maximum absolute atomic E-state index is 3.46. The first-order chi connectivity index (χ1) is 8.26. The van der Waals surface area contributed by atoms with E-state index in [1.807, 2.05) is 0 Å². The molecule has 0 aromatic heterocycles. The molecule has 0 fully saturated rings. The lowest BCUT2D eigenvalue weighted by Gasteiger charge is -2.26. The highest BCUT2D eigenvalue weighted by Crippen LogP contribution is 2.07. The van der Waals surface area contributed by atoms with Crippen LogP contribution in [0.25, 0.3) is 0 Å². The third-order valence-corrected chi connectivity index (χ3v) is 3.60. The molecular weight excluding hydrogens is 208 g/mol. The molecule has 0 saturated carbocycles. The van der Waals surface area contributed by atoms with Gasteiger partial charge in [0.1, 0.15) is 0 Å². The molecule has 0 saturated heterocycles. The third kappa shape index (κ3) is 9.61. The maximum Gasteiger partial charge on any atom is 0.00641 e. The predicted octanol–water partition coefficient (Wildman–Crippen LogP) is 3.67. The summed E-state index contributed by atoms with van der Waals surface area (Å²) in [5.74, 6) is 0. The van der Waals surface area contributed by atoms with Crippen molar-refractivity contribution in [2.75, 3.05) is 26.2 Å². The SMILES string of the molecule is CCCNCCCCCCN(CC)C(C)CC. The van der Waals surface area contributed by atoms with Crippen molar-refractivity contribution in [1.29, 1.82) is 0 Å². The van der Waals surface area contributed by atoms with Crippen LogP contribution in [-0.2, 0) is 0 Å². The summed E-state index contributed by atoms with van der Waals surface area (Å²) in [6.07, 6.45) is 8.01. The van der Waals surface area contributed by atoms with Gasteiger partial charge < -0.3 is 10.2 Å². The summed E-state index contributed by atoms with van der Waals surface area (Å²) in [7, 11) is 0. The van der Waals surface area contributed by atoms with E-state index < -0.39 is 0 Å². The van der Waals surface area contributed by atoms with Crippen molar-refractivity contribution in [2.24, 2.45) is 0 Å². The van der Waals surface area contributed by atoms with E-state index in [0.717, 1.165) is 6.04 Å². The quantitative estimate of drug-likeness (QED) is 0.525. The highest BCUT2D eigenvalue weighted by molar-refractivity contribution is 4.64. The van der Waals surface area contributed by atoms with E-state index in [4.69, 9.17) is 0 Å². The second-order valence-corrected chi connectivity index (χ2v) is 5.05. The van der Waals surface area contributed by atoms with Crippen LogP contribution < -0.4 is 5.32 Å². The highest BCUT2D eigenvalue weighted by atomic mass is 15.1. The molecule has 0 aliphatic rings. The molecular formula is C15H34N2. The van der Waals surface area contributed by atoms with Gasteiger partial charge in [-0.05, 0) is 58.8 Å². The van der Waals surface area contributed by atoms with Crippen LogP contribution in [0.2, 0.25) is 0 Å². The smallest absolute Gasteiger partial charge is 0.00641 e. The van der Waals surface area contributed by atoms with Crippen LogP contribution in [0.1, 0.15) is 66.2 Å². The predicted molar refractivity (Wildman–Crippen MR) is 78.6 cm³/mol. The number of nitrogens with one attached hydrogen (secondary N) is 1. The van der Waals surface area contributed by atoms with Gasteiger partial charge in [-0.3, -0.25) is 0 Å². The molecule has 0 spiro atoms. The molecule has 0 heterocycles. The minimum absolute atomic E-state index is 0.756. The molecule has 0 rings (SSSR count). The lowest BCUT2D eigenvalue weighted by atomic mass is 10.1. The molecule has 0 aromatic carbocycles. The van der Waals surface area contributed by atoms with E-state index in [1.54, 1.807) is 0 Å². The summed E-state index contributed by atoms with van der Waals surface area (Å²) >= 11 is 0. The molecule has 0 aromatic rings. The molecule has 0 aliphatic heterocycles. The van der Waals surface area contributed by atoms with Crippen molar-refractivity contribution in [1.82, 2.24) is 10.2 Å². The summed E-state index contributed by atoms with van der Waals surface area (Å²) < 4.78 is 0. The van der Waals surface area contributed by atoms with Crippen molar-refractivity contribution in [3.05, 3.63) is 0 Å². The largest absolute Gasteiger partial charge is 0.317 e. The van der Waals surface area contributed by atoms with Gasteiger partial charge in [0.2, 0.25) is 0 Å². The highest BCUT2D eigenvalue weighted by Gasteiger charge is 2.08. The molecule has 2 nitrogen and oxygen atoms in total. The standard InChI is InChI=1S/C15H34N2/c1-5-12-16-13-10-8-9-11-14-17(7-3)15(4)6-2/h15-16H,5-14H2,1-4H3. The lowest BCUT2D eigenvalue weighted by molar-refractivity contribution is 0.210. The molecule has 1 N–H and O–H groups in total. The molecule has 104 valence electrons. The van der Waals surface area contributed by atoms with E-state index in [2.05, 4.69) is 37.9 Å². The van der Waals surface area contributed by atoms with Crippen LogP contribution in [-0.4, -0.2) is 37.1 Å². The average Bonchev–Trinajstić information content (AvgIpc) is 2.36. The minimum Gasteiger partial charge on any atom is -0.317 e. The number of unbranched alkanes of at least 4 members (excludes halogenated alkanes) is 3. The normalized spacial score (nSPS) is 13.2. The zero-order valence-electron chi connectivity index (χ0n) is 12.6. The van der Waals surface area contributed by atoms with Crippen molar-refractivity contribution < 1.29 is 0 Å². The van der Waals surface area contributed by atoms with Crippen molar-refractivity contribution in [3.8, 4) is 0 Å². The Balaban J connectivity index is 3.31. The number of nitrogens with zero attached hydrogens (tertiary/aromatic N) is 1.